The first-order valence-corrected chi connectivity index (χ1v) is 12.8. The largest absolute Gasteiger partial charge is 0.326 e. The predicted octanol–water partition coefficient (Wildman–Crippen LogP) is 5.69. The summed E-state index contributed by atoms with van der Waals surface area (Å²) < 4.78 is 27.8. The molecule has 4 bridgehead atoms. The van der Waals surface area contributed by atoms with Crippen molar-refractivity contribution in [2.45, 2.75) is 49.8 Å². The lowest BCUT2D eigenvalue weighted by molar-refractivity contribution is -0.124. The Hall–Kier alpha value is -2.05. The first-order valence-electron chi connectivity index (χ1n) is 11.0. The van der Waals surface area contributed by atoms with Crippen LogP contribution in [0.4, 0.5) is 11.4 Å². The summed E-state index contributed by atoms with van der Waals surface area (Å²) in [4.78, 5) is 12.9. The van der Waals surface area contributed by atoms with Crippen LogP contribution in [-0.4, -0.2) is 14.3 Å². The van der Waals surface area contributed by atoms with Crippen molar-refractivity contribution in [2.24, 2.45) is 23.2 Å². The van der Waals surface area contributed by atoms with Gasteiger partial charge in [0.1, 0.15) is 0 Å². The van der Waals surface area contributed by atoms with Crippen LogP contribution in [-0.2, 0) is 14.8 Å². The van der Waals surface area contributed by atoms with E-state index in [2.05, 4.69) is 10.0 Å². The van der Waals surface area contributed by atoms with Gasteiger partial charge in [0.2, 0.25) is 5.91 Å². The van der Waals surface area contributed by atoms with Crippen LogP contribution in [0.25, 0.3) is 0 Å². The van der Waals surface area contributed by atoms with Crippen molar-refractivity contribution in [1.82, 2.24) is 0 Å². The van der Waals surface area contributed by atoms with E-state index in [9.17, 15) is 13.2 Å². The normalized spacial score (nSPS) is 29.0. The lowest BCUT2D eigenvalue weighted by atomic mass is 9.49. The molecule has 31 heavy (non-hydrogen) atoms. The molecular formula is C24H27ClN2O3S. The molecule has 7 heteroatoms. The molecule has 2 aromatic carbocycles. The van der Waals surface area contributed by atoms with Crippen LogP contribution in [0.3, 0.4) is 0 Å². The van der Waals surface area contributed by atoms with E-state index in [1.165, 1.54) is 50.7 Å². The first-order chi connectivity index (χ1) is 14.8. The van der Waals surface area contributed by atoms with Crippen molar-refractivity contribution in [3.8, 4) is 0 Å². The van der Waals surface area contributed by atoms with E-state index in [1.807, 2.05) is 0 Å². The van der Waals surface area contributed by atoms with Gasteiger partial charge < -0.3 is 5.32 Å². The molecule has 0 spiro atoms. The summed E-state index contributed by atoms with van der Waals surface area (Å²) in [5, 5.41) is 3.31. The Kier molecular flexibility index (Phi) is 5.25. The number of anilines is 2. The van der Waals surface area contributed by atoms with Crippen LogP contribution in [0.5, 0.6) is 0 Å². The summed E-state index contributed by atoms with van der Waals surface area (Å²) in [6.07, 6.45) is 8.23. The Bertz CT molecular complexity index is 1060. The molecule has 164 valence electrons. The third-order valence-corrected chi connectivity index (χ3v) is 8.98. The highest BCUT2D eigenvalue weighted by Crippen LogP contribution is 2.61. The Labute approximate surface area is 188 Å². The van der Waals surface area contributed by atoms with Gasteiger partial charge in [0.05, 0.1) is 15.6 Å². The number of amides is 1. The van der Waals surface area contributed by atoms with E-state index in [0.717, 1.165) is 17.8 Å². The topological polar surface area (TPSA) is 75.3 Å². The number of hydrogen-bond donors (Lipinski definition) is 2. The molecule has 6 rings (SSSR count). The second-order valence-corrected chi connectivity index (χ2v) is 11.8. The molecule has 4 fully saturated rings. The van der Waals surface area contributed by atoms with Crippen LogP contribution < -0.4 is 10.0 Å². The number of nitrogens with one attached hydrogen (secondary N) is 2. The molecule has 2 N–H and O–H groups in total. The number of rotatable bonds is 6. The molecule has 0 heterocycles. The Morgan fingerprint density at radius 2 is 1.52 bits per heavy atom. The molecule has 5 nitrogen and oxygen atoms in total. The molecule has 4 aliphatic rings. The molecule has 4 aliphatic carbocycles. The van der Waals surface area contributed by atoms with Crippen LogP contribution in [0, 0.1) is 23.2 Å². The Balaban J connectivity index is 1.23. The molecule has 0 radical (unpaired) electrons. The van der Waals surface area contributed by atoms with Crippen molar-refractivity contribution in [3.05, 3.63) is 53.6 Å². The zero-order chi connectivity index (χ0) is 21.6. The summed E-state index contributed by atoms with van der Waals surface area (Å²) in [7, 11) is -3.76. The number of para-hydroxylation sites is 1. The van der Waals surface area contributed by atoms with Gasteiger partial charge in [-0.2, -0.15) is 0 Å². The molecule has 0 unspecified atom stereocenters. The highest BCUT2D eigenvalue weighted by atomic mass is 35.5. The average molecular weight is 459 g/mol. The van der Waals surface area contributed by atoms with Crippen molar-refractivity contribution >= 4 is 38.9 Å². The molecule has 4 saturated carbocycles. The van der Waals surface area contributed by atoms with Gasteiger partial charge in [0, 0.05) is 12.1 Å². The number of benzene rings is 2. The fourth-order valence-electron chi connectivity index (χ4n) is 6.52. The van der Waals surface area contributed by atoms with Crippen LogP contribution >= 0.6 is 11.6 Å². The van der Waals surface area contributed by atoms with Crippen molar-refractivity contribution in [3.63, 3.8) is 0 Å². The van der Waals surface area contributed by atoms with Gasteiger partial charge in [0.15, 0.2) is 0 Å². The fourth-order valence-corrected chi connectivity index (χ4v) is 7.84. The third-order valence-electron chi connectivity index (χ3n) is 7.27. The van der Waals surface area contributed by atoms with E-state index >= 15 is 0 Å². The summed E-state index contributed by atoms with van der Waals surface area (Å²) in [6.45, 7) is 0. The van der Waals surface area contributed by atoms with Gasteiger partial charge in [-0.3, -0.25) is 9.52 Å². The van der Waals surface area contributed by atoms with Crippen LogP contribution in [0.1, 0.15) is 44.9 Å². The number of sulfonamides is 1. The van der Waals surface area contributed by atoms with Gasteiger partial charge in [-0.15, -0.1) is 0 Å². The maximum atomic E-state index is 12.8. The van der Waals surface area contributed by atoms with Crippen molar-refractivity contribution < 1.29 is 13.2 Å². The molecule has 0 aliphatic heterocycles. The summed E-state index contributed by atoms with van der Waals surface area (Å²) in [6, 6.07) is 13.0. The monoisotopic (exact) mass is 458 g/mol. The Morgan fingerprint density at radius 1 is 0.935 bits per heavy atom. The lowest BCUT2D eigenvalue weighted by Gasteiger charge is -2.56. The predicted molar refractivity (Wildman–Crippen MR) is 123 cm³/mol. The second kappa shape index (κ2) is 7.82. The van der Waals surface area contributed by atoms with E-state index in [4.69, 9.17) is 11.6 Å². The number of hydrogen-bond acceptors (Lipinski definition) is 3. The Morgan fingerprint density at radius 3 is 2.10 bits per heavy atom. The zero-order valence-electron chi connectivity index (χ0n) is 17.3. The maximum absolute atomic E-state index is 12.8. The van der Waals surface area contributed by atoms with Crippen LogP contribution in [0.2, 0.25) is 5.02 Å². The van der Waals surface area contributed by atoms with Gasteiger partial charge in [-0.05, 0) is 98.1 Å². The standard InChI is InChI=1S/C24H27ClN2O3S/c25-21-3-1-2-4-22(21)27-31(29,30)20-7-5-19(6-8-20)26-23(28)15-24-12-16-9-17(13-24)11-18(10-16)14-24/h1-8,16-18,27H,9-15H2,(H,26,28). The number of carbonyl (C=O) groups excluding carboxylic acids is 1. The molecule has 0 atom stereocenters. The van der Waals surface area contributed by atoms with Crippen molar-refractivity contribution in [1.29, 1.82) is 0 Å². The molecule has 2 aromatic rings. The molecule has 0 saturated heterocycles. The molecule has 1 amide bonds. The second-order valence-electron chi connectivity index (χ2n) is 9.75. The van der Waals surface area contributed by atoms with Crippen molar-refractivity contribution in [2.75, 3.05) is 10.0 Å². The number of carbonyl (C=O) groups is 1. The SMILES string of the molecule is O=C(CC12CC3CC(CC(C3)C1)C2)Nc1ccc(S(=O)(=O)Nc2ccccc2Cl)cc1. The third kappa shape index (κ3) is 4.33. The summed E-state index contributed by atoms with van der Waals surface area (Å²) in [5.41, 5.74) is 1.13. The van der Waals surface area contributed by atoms with E-state index < -0.39 is 10.0 Å². The van der Waals surface area contributed by atoms with E-state index in [0.29, 0.717) is 22.8 Å². The molecular weight excluding hydrogens is 432 g/mol. The quantitative estimate of drug-likeness (QED) is 0.584. The van der Waals surface area contributed by atoms with Crippen LogP contribution in [0.15, 0.2) is 53.4 Å². The summed E-state index contributed by atoms with van der Waals surface area (Å²) in [5.74, 6) is 2.48. The average Bonchev–Trinajstić information content (AvgIpc) is 2.68. The minimum absolute atomic E-state index is 0.0340. The first kappa shape index (κ1) is 20.8. The summed E-state index contributed by atoms with van der Waals surface area (Å²) >= 11 is 6.05. The zero-order valence-corrected chi connectivity index (χ0v) is 18.9. The van der Waals surface area contributed by atoms with Gasteiger partial charge in [-0.25, -0.2) is 8.42 Å². The van der Waals surface area contributed by atoms with E-state index in [1.54, 1.807) is 36.4 Å². The highest BCUT2D eigenvalue weighted by Gasteiger charge is 2.51. The van der Waals surface area contributed by atoms with Gasteiger partial charge in [0.25, 0.3) is 10.0 Å². The smallest absolute Gasteiger partial charge is 0.261 e. The van der Waals surface area contributed by atoms with E-state index in [-0.39, 0.29) is 16.2 Å². The van der Waals surface area contributed by atoms with Gasteiger partial charge >= 0.3 is 0 Å². The minimum Gasteiger partial charge on any atom is -0.326 e. The highest BCUT2D eigenvalue weighted by molar-refractivity contribution is 7.92. The number of halogens is 1. The molecule has 0 aromatic heterocycles. The fraction of sp³-hybridized carbons (Fsp3) is 0.458. The minimum atomic E-state index is -3.76. The van der Waals surface area contributed by atoms with Gasteiger partial charge in [-0.1, -0.05) is 23.7 Å². The maximum Gasteiger partial charge on any atom is 0.261 e. The lowest BCUT2D eigenvalue weighted by Crippen LogP contribution is -2.47.